The number of rotatable bonds is 6. The standard InChI is InChI=1S/C21H25N3O2S2/c1-12-6-14(3)18(7-13(12)2)16(5)22-19(25)11-27-10-17-8-20(26)24-15(4)9-28-21(24)23-17/h6-9,16H,10-11H2,1-5H3,(H,22,25)/t16-/m1/s1. The summed E-state index contributed by atoms with van der Waals surface area (Å²) in [6, 6.07) is 5.83. The third-order valence-electron chi connectivity index (χ3n) is 4.84. The largest absolute Gasteiger partial charge is 0.349 e. The van der Waals surface area contributed by atoms with Gasteiger partial charge in [-0.1, -0.05) is 12.1 Å². The molecule has 7 heteroatoms. The molecule has 1 atom stereocenters. The average Bonchev–Trinajstić information content (AvgIpc) is 2.99. The van der Waals surface area contributed by atoms with Crippen LogP contribution in [0.3, 0.4) is 0 Å². The normalized spacial score (nSPS) is 12.3. The van der Waals surface area contributed by atoms with Crippen LogP contribution in [-0.4, -0.2) is 21.0 Å². The second-order valence-electron chi connectivity index (χ2n) is 7.16. The summed E-state index contributed by atoms with van der Waals surface area (Å²) >= 11 is 2.92. The third-order valence-corrected chi connectivity index (χ3v) is 6.75. The zero-order chi connectivity index (χ0) is 20.4. The zero-order valence-electron chi connectivity index (χ0n) is 16.8. The van der Waals surface area contributed by atoms with Crippen molar-refractivity contribution in [2.45, 2.75) is 46.4 Å². The van der Waals surface area contributed by atoms with E-state index in [9.17, 15) is 9.59 Å². The Morgan fingerprint density at radius 3 is 2.64 bits per heavy atom. The first-order valence-electron chi connectivity index (χ1n) is 9.18. The first-order chi connectivity index (χ1) is 13.3. The average molecular weight is 416 g/mol. The van der Waals surface area contributed by atoms with Crippen molar-refractivity contribution in [3.8, 4) is 0 Å². The summed E-state index contributed by atoms with van der Waals surface area (Å²) in [5.41, 5.74) is 6.36. The number of carbonyl (C=O) groups excluding carboxylic acids is 1. The molecule has 0 aliphatic carbocycles. The maximum Gasteiger partial charge on any atom is 0.258 e. The summed E-state index contributed by atoms with van der Waals surface area (Å²) < 4.78 is 1.61. The summed E-state index contributed by atoms with van der Waals surface area (Å²) in [5, 5.41) is 4.99. The van der Waals surface area contributed by atoms with E-state index in [4.69, 9.17) is 0 Å². The number of hydrogen-bond donors (Lipinski definition) is 1. The minimum Gasteiger partial charge on any atom is -0.349 e. The van der Waals surface area contributed by atoms with Crippen molar-refractivity contribution in [3.63, 3.8) is 0 Å². The zero-order valence-corrected chi connectivity index (χ0v) is 18.5. The van der Waals surface area contributed by atoms with Gasteiger partial charge in [0.25, 0.3) is 5.56 Å². The lowest BCUT2D eigenvalue weighted by atomic mass is 9.96. The third kappa shape index (κ3) is 4.47. The maximum atomic E-state index is 12.3. The van der Waals surface area contributed by atoms with Crippen molar-refractivity contribution in [1.82, 2.24) is 14.7 Å². The molecule has 0 bridgehead atoms. The van der Waals surface area contributed by atoms with Gasteiger partial charge in [-0.3, -0.25) is 14.0 Å². The number of amides is 1. The lowest BCUT2D eigenvalue weighted by Gasteiger charge is -2.18. The Balaban J connectivity index is 1.57. The van der Waals surface area contributed by atoms with E-state index in [-0.39, 0.29) is 17.5 Å². The smallest absolute Gasteiger partial charge is 0.258 e. The molecule has 0 aliphatic heterocycles. The molecule has 148 valence electrons. The summed E-state index contributed by atoms with van der Waals surface area (Å²) in [6.07, 6.45) is 0. The summed E-state index contributed by atoms with van der Waals surface area (Å²) in [7, 11) is 0. The molecule has 1 amide bonds. The molecular weight excluding hydrogens is 390 g/mol. The van der Waals surface area contributed by atoms with E-state index in [1.54, 1.807) is 10.5 Å². The van der Waals surface area contributed by atoms with E-state index < -0.39 is 0 Å². The Hall–Kier alpha value is -2.12. The van der Waals surface area contributed by atoms with Gasteiger partial charge in [0.1, 0.15) is 0 Å². The van der Waals surface area contributed by atoms with Gasteiger partial charge in [-0.15, -0.1) is 23.1 Å². The number of carbonyl (C=O) groups is 1. The molecule has 0 radical (unpaired) electrons. The van der Waals surface area contributed by atoms with Gasteiger partial charge in [0.2, 0.25) is 5.91 Å². The van der Waals surface area contributed by atoms with Crippen molar-refractivity contribution in [2.75, 3.05) is 5.75 Å². The van der Waals surface area contributed by atoms with Crippen molar-refractivity contribution in [1.29, 1.82) is 0 Å². The van der Waals surface area contributed by atoms with Gasteiger partial charge < -0.3 is 5.32 Å². The van der Waals surface area contributed by atoms with Crippen LogP contribution < -0.4 is 10.9 Å². The number of nitrogens with zero attached hydrogens (tertiary/aromatic N) is 2. The highest BCUT2D eigenvalue weighted by Crippen LogP contribution is 2.22. The molecule has 0 spiro atoms. The van der Waals surface area contributed by atoms with Crippen LogP contribution in [0.15, 0.2) is 28.4 Å². The minimum absolute atomic E-state index is 0.0140. The lowest BCUT2D eigenvalue weighted by molar-refractivity contribution is -0.119. The molecule has 3 rings (SSSR count). The van der Waals surface area contributed by atoms with Gasteiger partial charge in [0.15, 0.2) is 4.96 Å². The first-order valence-corrected chi connectivity index (χ1v) is 11.2. The number of aryl methyl sites for hydroxylation is 4. The second-order valence-corrected chi connectivity index (χ2v) is 8.98. The Bertz CT molecular complexity index is 1090. The fourth-order valence-corrected chi connectivity index (χ4v) is 4.85. The Morgan fingerprint density at radius 1 is 1.18 bits per heavy atom. The molecule has 28 heavy (non-hydrogen) atoms. The Morgan fingerprint density at radius 2 is 1.89 bits per heavy atom. The number of thioether (sulfide) groups is 1. The van der Waals surface area contributed by atoms with E-state index >= 15 is 0 Å². The molecule has 1 aromatic carbocycles. The van der Waals surface area contributed by atoms with E-state index in [1.807, 2.05) is 19.2 Å². The molecule has 1 N–H and O–H groups in total. The summed E-state index contributed by atoms with van der Waals surface area (Å²) in [5.74, 6) is 0.853. The van der Waals surface area contributed by atoms with Crippen LogP contribution in [0.1, 0.15) is 46.6 Å². The van der Waals surface area contributed by atoms with E-state index in [1.165, 1.54) is 39.8 Å². The van der Waals surface area contributed by atoms with Gasteiger partial charge in [0, 0.05) is 22.9 Å². The molecule has 3 aromatic rings. The molecular formula is C21H25N3O2S2. The van der Waals surface area contributed by atoms with Crippen molar-refractivity contribution in [2.24, 2.45) is 0 Å². The van der Waals surface area contributed by atoms with Gasteiger partial charge in [0.05, 0.1) is 17.5 Å². The topological polar surface area (TPSA) is 63.5 Å². The summed E-state index contributed by atoms with van der Waals surface area (Å²) in [6.45, 7) is 10.2. The van der Waals surface area contributed by atoms with Crippen LogP contribution in [0.25, 0.3) is 4.96 Å². The SMILES string of the molecule is Cc1cc(C)c([C@@H](C)NC(=O)CSCc2cc(=O)n3c(C)csc3n2)cc1C. The van der Waals surface area contributed by atoms with Gasteiger partial charge in [-0.05, 0) is 56.9 Å². The number of benzene rings is 1. The minimum atomic E-state index is -0.0670. The predicted molar refractivity (Wildman–Crippen MR) is 117 cm³/mol. The molecule has 0 unspecified atom stereocenters. The van der Waals surface area contributed by atoms with Crippen LogP contribution in [0.4, 0.5) is 0 Å². The molecule has 2 aromatic heterocycles. The number of nitrogens with one attached hydrogen (secondary N) is 1. The van der Waals surface area contributed by atoms with Crippen LogP contribution in [0, 0.1) is 27.7 Å². The maximum absolute atomic E-state index is 12.3. The summed E-state index contributed by atoms with van der Waals surface area (Å²) in [4.78, 5) is 29.8. The highest BCUT2D eigenvalue weighted by molar-refractivity contribution is 7.99. The molecule has 5 nitrogen and oxygen atoms in total. The van der Waals surface area contributed by atoms with E-state index in [0.717, 1.165) is 11.3 Å². The van der Waals surface area contributed by atoms with Gasteiger partial charge in [-0.2, -0.15) is 0 Å². The number of aromatic nitrogens is 2. The fraction of sp³-hybridized carbons (Fsp3) is 0.381. The molecule has 0 saturated carbocycles. The van der Waals surface area contributed by atoms with Crippen LogP contribution in [-0.2, 0) is 10.5 Å². The van der Waals surface area contributed by atoms with Gasteiger partial charge in [-0.25, -0.2) is 4.98 Å². The van der Waals surface area contributed by atoms with Crippen molar-refractivity contribution >= 4 is 34.0 Å². The second kappa shape index (κ2) is 8.49. The van der Waals surface area contributed by atoms with E-state index in [2.05, 4.69) is 43.2 Å². The Kier molecular flexibility index (Phi) is 6.25. The molecule has 2 heterocycles. The number of fused-ring (bicyclic) bond motifs is 1. The van der Waals surface area contributed by atoms with Crippen molar-refractivity contribution < 1.29 is 4.79 Å². The fourth-order valence-electron chi connectivity index (χ4n) is 3.23. The first kappa shape index (κ1) is 20.6. The molecule has 0 saturated heterocycles. The van der Waals surface area contributed by atoms with Crippen molar-refractivity contribution in [3.05, 3.63) is 67.6 Å². The van der Waals surface area contributed by atoms with Crippen LogP contribution in [0.2, 0.25) is 0 Å². The number of thiazole rings is 1. The number of hydrogen-bond acceptors (Lipinski definition) is 5. The quantitative estimate of drug-likeness (QED) is 0.658. The molecule has 0 aliphatic rings. The monoisotopic (exact) mass is 415 g/mol. The van der Waals surface area contributed by atoms with Gasteiger partial charge >= 0.3 is 0 Å². The highest BCUT2D eigenvalue weighted by Gasteiger charge is 2.13. The Labute approximate surface area is 173 Å². The highest BCUT2D eigenvalue weighted by atomic mass is 32.2. The van der Waals surface area contributed by atoms with Crippen LogP contribution in [0.5, 0.6) is 0 Å². The predicted octanol–water partition coefficient (Wildman–Crippen LogP) is 4.10. The molecule has 0 fully saturated rings. The van der Waals surface area contributed by atoms with E-state index in [0.29, 0.717) is 22.2 Å². The lowest BCUT2D eigenvalue weighted by Crippen LogP contribution is -2.28. The van der Waals surface area contributed by atoms with Crippen LogP contribution >= 0.6 is 23.1 Å².